The minimum atomic E-state index is -0.839. The summed E-state index contributed by atoms with van der Waals surface area (Å²) in [5.74, 6) is 0. The van der Waals surface area contributed by atoms with E-state index in [-0.39, 0.29) is 0 Å². The lowest BCUT2D eigenvalue weighted by Gasteiger charge is -2.08. The van der Waals surface area contributed by atoms with Crippen molar-refractivity contribution in [2.24, 2.45) is 0 Å². The van der Waals surface area contributed by atoms with Gasteiger partial charge in [0.2, 0.25) is 0 Å². The summed E-state index contributed by atoms with van der Waals surface area (Å²) in [5.41, 5.74) is 3.46. The molecule has 1 N–H and O–H groups in total. The van der Waals surface area contributed by atoms with Crippen LogP contribution in [-0.4, -0.2) is 16.1 Å². The number of fused-ring (bicyclic) bond motifs is 1. The van der Waals surface area contributed by atoms with Crippen molar-refractivity contribution in [3.63, 3.8) is 0 Å². The molecule has 3 nitrogen and oxygen atoms in total. The first-order valence-corrected chi connectivity index (χ1v) is 4.23. The highest BCUT2D eigenvalue weighted by molar-refractivity contribution is 5.66. The molecular formula is C10H11NO2. The Balaban J connectivity index is 2.30. The lowest BCUT2D eigenvalue weighted by atomic mass is 10.1. The van der Waals surface area contributed by atoms with Gasteiger partial charge in [0.25, 0.3) is 0 Å². The van der Waals surface area contributed by atoms with Crippen LogP contribution < -0.4 is 0 Å². The molecule has 1 aromatic carbocycles. The van der Waals surface area contributed by atoms with Crippen LogP contribution in [0.2, 0.25) is 0 Å². The SMILES string of the molecule is Cc1ccc2c(c1)CN(C(=O)O)C2. The van der Waals surface area contributed by atoms with Gasteiger partial charge < -0.3 is 5.11 Å². The van der Waals surface area contributed by atoms with Crippen molar-refractivity contribution in [2.45, 2.75) is 20.0 Å². The number of carboxylic acid groups (broad SMARTS) is 1. The number of amides is 1. The van der Waals surface area contributed by atoms with Crippen molar-refractivity contribution in [1.82, 2.24) is 4.90 Å². The summed E-state index contributed by atoms with van der Waals surface area (Å²) in [5, 5.41) is 8.78. The molecule has 13 heavy (non-hydrogen) atoms. The van der Waals surface area contributed by atoms with Crippen LogP contribution in [0.15, 0.2) is 18.2 Å². The molecule has 0 aromatic heterocycles. The van der Waals surface area contributed by atoms with E-state index in [1.807, 2.05) is 19.1 Å². The van der Waals surface area contributed by atoms with E-state index in [2.05, 4.69) is 6.07 Å². The predicted molar refractivity (Wildman–Crippen MR) is 48.5 cm³/mol. The minimum Gasteiger partial charge on any atom is -0.465 e. The Bertz CT molecular complexity index is 360. The number of hydrogen-bond donors (Lipinski definition) is 1. The Labute approximate surface area is 76.6 Å². The zero-order valence-electron chi connectivity index (χ0n) is 7.45. The summed E-state index contributed by atoms with van der Waals surface area (Å²) in [4.78, 5) is 12.1. The summed E-state index contributed by atoms with van der Waals surface area (Å²) in [7, 11) is 0. The van der Waals surface area contributed by atoms with Gasteiger partial charge in [0.05, 0.1) is 0 Å². The zero-order chi connectivity index (χ0) is 9.42. The summed E-state index contributed by atoms with van der Waals surface area (Å²) in [6, 6.07) is 6.08. The minimum absolute atomic E-state index is 0.533. The molecule has 0 atom stereocenters. The van der Waals surface area contributed by atoms with Gasteiger partial charge in [-0.25, -0.2) is 4.79 Å². The molecule has 1 amide bonds. The third-order valence-electron chi connectivity index (χ3n) is 2.35. The predicted octanol–water partition coefficient (Wildman–Crippen LogP) is 1.99. The quantitative estimate of drug-likeness (QED) is 0.658. The van der Waals surface area contributed by atoms with Crippen LogP contribution in [0.1, 0.15) is 16.7 Å². The molecule has 0 saturated heterocycles. The maximum Gasteiger partial charge on any atom is 0.407 e. The third-order valence-corrected chi connectivity index (χ3v) is 2.35. The van der Waals surface area contributed by atoms with Crippen molar-refractivity contribution < 1.29 is 9.90 Å². The van der Waals surface area contributed by atoms with E-state index in [9.17, 15) is 4.79 Å². The van der Waals surface area contributed by atoms with Crippen LogP contribution in [0.4, 0.5) is 4.79 Å². The summed E-state index contributed by atoms with van der Waals surface area (Å²) >= 11 is 0. The number of nitrogens with zero attached hydrogens (tertiary/aromatic N) is 1. The normalized spacial score (nSPS) is 14.4. The molecule has 1 aliphatic rings. The Morgan fingerprint density at radius 3 is 2.77 bits per heavy atom. The van der Waals surface area contributed by atoms with E-state index in [4.69, 9.17) is 5.11 Å². The maximum absolute atomic E-state index is 10.7. The van der Waals surface area contributed by atoms with E-state index in [0.29, 0.717) is 13.1 Å². The van der Waals surface area contributed by atoms with Crippen molar-refractivity contribution in [3.05, 3.63) is 34.9 Å². The average molecular weight is 177 g/mol. The summed E-state index contributed by atoms with van der Waals surface area (Å²) in [6.45, 7) is 3.08. The molecule has 0 radical (unpaired) electrons. The highest BCUT2D eigenvalue weighted by Crippen LogP contribution is 2.23. The highest BCUT2D eigenvalue weighted by Gasteiger charge is 2.22. The van der Waals surface area contributed by atoms with Gasteiger partial charge in [-0.15, -0.1) is 0 Å². The molecule has 3 heteroatoms. The first-order chi connectivity index (χ1) is 6.16. The largest absolute Gasteiger partial charge is 0.465 e. The first-order valence-electron chi connectivity index (χ1n) is 4.23. The fourth-order valence-corrected chi connectivity index (χ4v) is 1.66. The van der Waals surface area contributed by atoms with Gasteiger partial charge >= 0.3 is 6.09 Å². The van der Waals surface area contributed by atoms with E-state index in [1.165, 1.54) is 10.5 Å². The lowest BCUT2D eigenvalue weighted by molar-refractivity contribution is 0.145. The number of benzene rings is 1. The Morgan fingerprint density at radius 1 is 1.38 bits per heavy atom. The van der Waals surface area contributed by atoms with E-state index >= 15 is 0 Å². The van der Waals surface area contributed by atoms with Crippen LogP contribution >= 0.6 is 0 Å². The van der Waals surface area contributed by atoms with Gasteiger partial charge in [0, 0.05) is 13.1 Å². The fraction of sp³-hybridized carbons (Fsp3) is 0.300. The highest BCUT2D eigenvalue weighted by atomic mass is 16.4. The van der Waals surface area contributed by atoms with E-state index < -0.39 is 6.09 Å². The van der Waals surface area contributed by atoms with E-state index in [1.54, 1.807) is 0 Å². The van der Waals surface area contributed by atoms with Crippen molar-refractivity contribution in [1.29, 1.82) is 0 Å². The molecule has 0 saturated carbocycles. The standard InChI is InChI=1S/C10H11NO2/c1-7-2-3-8-5-11(10(12)13)6-9(8)4-7/h2-4H,5-6H2,1H3,(H,12,13). The van der Waals surface area contributed by atoms with Gasteiger partial charge in [-0.2, -0.15) is 0 Å². The number of aryl methyl sites for hydroxylation is 1. The molecule has 0 fully saturated rings. The molecule has 0 bridgehead atoms. The molecule has 0 aliphatic carbocycles. The van der Waals surface area contributed by atoms with E-state index in [0.717, 1.165) is 11.1 Å². The Hall–Kier alpha value is -1.51. The average Bonchev–Trinajstić information content (AvgIpc) is 2.46. The smallest absolute Gasteiger partial charge is 0.407 e. The maximum atomic E-state index is 10.7. The van der Waals surface area contributed by atoms with Gasteiger partial charge in [0.1, 0.15) is 0 Å². The number of rotatable bonds is 0. The monoisotopic (exact) mass is 177 g/mol. The first kappa shape index (κ1) is 8.10. The lowest BCUT2D eigenvalue weighted by Crippen LogP contribution is -2.22. The third kappa shape index (κ3) is 1.37. The second-order valence-electron chi connectivity index (χ2n) is 3.41. The topological polar surface area (TPSA) is 40.5 Å². The van der Waals surface area contributed by atoms with Crippen molar-refractivity contribution in [3.8, 4) is 0 Å². The van der Waals surface area contributed by atoms with Gasteiger partial charge in [-0.05, 0) is 18.1 Å². The zero-order valence-corrected chi connectivity index (χ0v) is 7.45. The molecular weight excluding hydrogens is 166 g/mol. The molecule has 0 spiro atoms. The molecule has 1 aliphatic heterocycles. The van der Waals surface area contributed by atoms with Crippen LogP contribution in [-0.2, 0) is 13.1 Å². The second-order valence-corrected chi connectivity index (χ2v) is 3.41. The van der Waals surface area contributed by atoms with Gasteiger partial charge in [-0.3, -0.25) is 4.90 Å². The van der Waals surface area contributed by atoms with Gasteiger partial charge in [-0.1, -0.05) is 23.8 Å². The molecule has 2 rings (SSSR count). The summed E-state index contributed by atoms with van der Waals surface area (Å²) < 4.78 is 0. The Morgan fingerprint density at radius 2 is 2.08 bits per heavy atom. The van der Waals surface area contributed by atoms with Crippen LogP contribution in [0.3, 0.4) is 0 Å². The van der Waals surface area contributed by atoms with Gasteiger partial charge in [0.15, 0.2) is 0 Å². The van der Waals surface area contributed by atoms with Crippen LogP contribution in [0.25, 0.3) is 0 Å². The number of carbonyl (C=O) groups is 1. The molecule has 1 heterocycles. The number of hydrogen-bond acceptors (Lipinski definition) is 1. The van der Waals surface area contributed by atoms with Crippen LogP contribution in [0.5, 0.6) is 0 Å². The fourth-order valence-electron chi connectivity index (χ4n) is 1.66. The Kier molecular flexibility index (Phi) is 1.72. The van der Waals surface area contributed by atoms with Crippen molar-refractivity contribution >= 4 is 6.09 Å². The molecule has 1 aromatic rings. The van der Waals surface area contributed by atoms with Crippen molar-refractivity contribution in [2.75, 3.05) is 0 Å². The molecule has 0 unspecified atom stereocenters. The summed E-state index contributed by atoms with van der Waals surface area (Å²) in [6.07, 6.45) is -0.839. The molecule has 68 valence electrons. The van der Waals surface area contributed by atoms with Crippen LogP contribution in [0, 0.1) is 6.92 Å². The second kappa shape index (κ2) is 2.76.